The van der Waals surface area contributed by atoms with Crippen LogP contribution < -0.4 is 16.0 Å². The van der Waals surface area contributed by atoms with Gasteiger partial charge in [0.25, 0.3) is 0 Å². The second kappa shape index (κ2) is 6.67. The number of urea groups is 1. The number of carbonyl (C=O) groups excluding carboxylic acids is 1. The third-order valence-electron chi connectivity index (χ3n) is 3.68. The van der Waals surface area contributed by atoms with Gasteiger partial charge in [0, 0.05) is 38.6 Å². The minimum Gasteiger partial charge on any atom is -0.341 e. The van der Waals surface area contributed by atoms with Crippen molar-refractivity contribution in [3.8, 4) is 0 Å². The van der Waals surface area contributed by atoms with E-state index >= 15 is 0 Å². The molecule has 116 valence electrons. The molecule has 2 heterocycles. The van der Waals surface area contributed by atoms with Gasteiger partial charge in [-0.15, -0.1) is 0 Å². The maximum absolute atomic E-state index is 11.6. The largest absolute Gasteiger partial charge is 0.341 e. The second-order valence-electron chi connectivity index (χ2n) is 5.24. The molecule has 7 nitrogen and oxygen atoms in total. The second-order valence-corrected chi connectivity index (χ2v) is 5.24. The highest BCUT2D eigenvalue weighted by Crippen LogP contribution is 2.20. The molecule has 1 aromatic carbocycles. The van der Waals surface area contributed by atoms with E-state index in [0.29, 0.717) is 12.4 Å². The van der Waals surface area contributed by atoms with Gasteiger partial charge in [0.1, 0.15) is 11.6 Å². The lowest BCUT2D eigenvalue weighted by molar-refractivity contribution is 0.228. The Balaban J connectivity index is 1.91. The van der Waals surface area contributed by atoms with Crippen LogP contribution in [0.25, 0.3) is 10.9 Å². The maximum atomic E-state index is 11.6. The molecule has 0 unspecified atom stereocenters. The number of benzene rings is 1. The van der Waals surface area contributed by atoms with E-state index in [2.05, 4.69) is 30.8 Å². The minimum atomic E-state index is -0.281. The zero-order chi connectivity index (χ0) is 15.4. The Morgan fingerprint density at radius 3 is 2.82 bits per heavy atom. The smallest absolute Gasteiger partial charge is 0.320 e. The molecule has 2 aromatic rings. The first kappa shape index (κ1) is 14.7. The number of anilines is 1. The lowest BCUT2D eigenvalue weighted by Crippen LogP contribution is -2.43. The first-order valence-corrected chi connectivity index (χ1v) is 7.44. The van der Waals surface area contributed by atoms with Gasteiger partial charge in [0.05, 0.1) is 12.1 Å². The number of carbonyl (C=O) groups is 1. The Kier molecular flexibility index (Phi) is 4.45. The Bertz CT molecular complexity index is 668. The minimum absolute atomic E-state index is 0.281. The lowest BCUT2D eigenvalue weighted by atomic mass is 10.2. The molecule has 1 aliphatic heterocycles. The average molecular weight is 300 g/mol. The third-order valence-corrected chi connectivity index (χ3v) is 3.68. The monoisotopic (exact) mass is 300 g/mol. The van der Waals surface area contributed by atoms with Crippen LogP contribution in [0, 0.1) is 0 Å². The number of amides is 2. The van der Waals surface area contributed by atoms with Gasteiger partial charge >= 0.3 is 6.03 Å². The number of rotatable bonds is 3. The molecule has 1 aliphatic rings. The van der Waals surface area contributed by atoms with Gasteiger partial charge in [-0.3, -0.25) is 10.2 Å². The van der Waals surface area contributed by atoms with E-state index in [1.54, 1.807) is 7.05 Å². The summed E-state index contributed by atoms with van der Waals surface area (Å²) in [5.74, 6) is 1.28. The Labute approximate surface area is 129 Å². The summed E-state index contributed by atoms with van der Waals surface area (Å²) < 4.78 is 0. The summed E-state index contributed by atoms with van der Waals surface area (Å²) in [4.78, 5) is 23.1. The van der Waals surface area contributed by atoms with E-state index in [9.17, 15) is 4.79 Å². The van der Waals surface area contributed by atoms with Gasteiger partial charge in [-0.2, -0.15) is 0 Å². The Morgan fingerprint density at radius 2 is 2.05 bits per heavy atom. The SMILES string of the molecule is CNC(=O)Nc1nc(CN2CCNCC2)nc2ccccc12. The summed E-state index contributed by atoms with van der Waals surface area (Å²) in [6, 6.07) is 7.42. The summed E-state index contributed by atoms with van der Waals surface area (Å²) in [5, 5.41) is 9.50. The quantitative estimate of drug-likeness (QED) is 0.780. The summed E-state index contributed by atoms with van der Waals surface area (Å²) in [6.45, 7) is 4.62. The van der Waals surface area contributed by atoms with E-state index in [-0.39, 0.29) is 6.03 Å². The molecule has 3 rings (SSSR count). The van der Waals surface area contributed by atoms with Crippen LogP contribution in [0.4, 0.5) is 10.6 Å². The van der Waals surface area contributed by atoms with Crippen molar-refractivity contribution < 1.29 is 4.79 Å². The number of nitrogens with zero attached hydrogens (tertiary/aromatic N) is 3. The van der Waals surface area contributed by atoms with E-state index in [4.69, 9.17) is 0 Å². The number of aromatic nitrogens is 2. The van der Waals surface area contributed by atoms with Crippen molar-refractivity contribution in [1.29, 1.82) is 0 Å². The maximum Gasteiger partial charge on any atom is 0.320 e. The van der Waals surface area contributed by atoms with Gasteiger partial charge in [0.2, 0.25) is 0 Å². The van der Waals surface area contributed by atoms with Crippen molar-refractivity contribution in [1.82, 2.24) is 25.5 Å². The fourth-order valence-electron chi connectivity index (χ4n) is 2.53. The van der Waals surface area contributed by atoms with Crippen molar-refractivity contribution in [3.63, 3.8) is 0 Å². The van der Waals surface area contributed by atoms with Crippen LogP contribution in [-0.2, 0) is 6.54 Å². The molecular formula is C15H20N6O. The average Bonchev–Trinajstić information content (AvgIpc) is 2.55. The highest BCUT2D eigenvalue weighted by molar-refractivity contribution is 5.98. The predicted octanol–water partition coefficient (Wildman–Crippen LogP) is 0.786. The number of para-hydroxylation sites is 1. The topological polar surface area (TPSA) is 82.2 Å². The molecule has 7 heteroatoms. The molecular weight excluding hydrogens is 280 g/mol. The molecule has 3 N–H and O–H groups in total. The van der Waals surface area contributed by atoms with E-state index in [1.807, 2.05) is 24.3 Å². The van der Waals surface area contributed by atoms with Crippen LogP contribution in [0.3, 0.4) is 0 Å². The number of piperazine rings is 1. The number of hydrogen-bond donors (Lipinski definition) is 3. The first-order chi connectivity index (χ1) is 10.8. The number of fused-ring (bicyclic) bond motifs is 1. The predicted molar refractivity (Wildman–Crippen MR) is 85.8 cm³/mol. The van der Waals surface area contributed by atoms with Gasteiger partial charge in [-0.1, -0.05) is 12.1 Å². The molecule has 0 radical (unpaired) electrons. The van der Waals surface area contributed by atoms with Gasteiger partial charge < -0.3 is 10.6 Å². The van der Waals surface area contributed by atoms with Crippen LogP contribution in [0.5, 0.6) is 0 Å². The fourth-order valence-corrected chi connectivity index (χ4v) is 2.53. The lowest BCUT2D eigenvalue weighted by Gasteiger charge is -2.26. The number of nitrogens with one attached hydrogen (secondary N) is 3. The van der Waals surface area contributed by atoms with Crippen LogP contribution in [0.15, 0.2) is 24.3 Å². The normalized spacial score (nSPS) is 15.7. The molecule has 2 amide bonds. The van der Waals surface area contributed by atoms with E-state index < -0.39 is 0 Å². The molecule has 1 saturated heterocycles. The van der Waals surface area contributed by atoms with Crippen molar-refractivity contribution in [2.75, 3.05) is 38.5 Å². The standard InChI is InChI=1S/C15H20N6O/c1-16-15(22)20-14-11-4-2-3-5-12(11)18-13(19-14)10-21-8-6-17-7-9-21/h2-5,17H,6-10H2,1H3,(H2,16,18,19,20,22). The summed E-state index contributed by atoms with van der Waals surface area (Å²) in [6.07, 6.45) is 0. The van der Waals surface area contributed by atoms with Crippen LogP contribution in [0.2, 0.25) is 0 Å². The third kappa shape index (κ3) is 3.32. The molecule has 0 spiro atoms. The fraction of sp³-hybridized carbons (Fsp3) is 0.400. The molecule has 0 atom stereocenters. The van der Waals surface area contributed by atoms with Gasteiger partial charge in [-0.05, 0) is 12.1 Å². The Hall–Kier alpha value is -2.25. The summed E-state index contributed by atoms with van der Waals surface area (Å²) >= 11 is 0. The number of hydrogen-bond acceptors (Lipinski definition) is 5. The van der Waals surface area contributed by atoms with Gasteiger partial charge in [-0.25, -0.2) is 14.8 Å². The van der Waals surface area contributed by atoms with Crippen LogP contribution in [0.1, 0.15) is 5.82 Å². The highest BCUT2D eigenvalue weighted by Gasteiger charge is 2.14. The van der Waals surface area contributed by atoms with E-state index in [1.165, 1.54) is 0 Å². The molecule has 0 saturated carbocycles. The zero-order valence-corrected chi connectivity index (χ0v) is 12.6. The van der Waals surface area contributed by atoms with Gasteiger partial charge in [0.15, 0.2) is 0 Å². The zero-order valence-electron chi connectivity index (χ0n) is 12.6. The summed E-state index contributed by atoms with van der Waals surface area (Å²) in [7, 11) is 1.58. The highest BCUT2D eigenvalue weighted by atomic mass is 16.2. The molecule has 0 aliphatic carbocycles. The first-order valence-electron chi connectivity index (χ1n) is 7.44. The molecule has 0 bridgehead atoms. The molecule has 1 fully saturated rings. The molecule has 1 aromatic heterocycles. The van der Waals surface area contributed by atoms with Crippen molar-refractivity contribution in [2.24, 2.45) is 0 Å². The summed E-state index contributed by atoms with van der Waals surface area (Å²) in [5.41, 5.74) is 0.842. The van der Waals surface area contributed by atoms with Crippen molar-refractivity contribution >= 4 is 22.8 Å². The molecule has 22 heavy (non-hydrogen) atoms. The Morgan fingerprint density at radius 1 is 1.27 bits per heavy atom. The van der Waals surface area contributed by atoms with Crippen LogP contribution in [-0.4, -0.2) is 54.1 Å². The van der Waals surface area contributed by atoms with Crippen molar-refractivity contribution in [3.05, 3.63) is 30.1 Å². The van der Waals surface area contributed by atoms with Crippen LogP contribution >= 0.6 is 0 Å². The van der Waals surface area contributed by atoms with Crippen molar-refractivity contribution in [2.45, 2.75) is 6.54 Å². The van der Waals surface area contributed by atoms with E-state index in [0.717, 1.165) is 42.9 Å².